The highest BCUT2D eigenvalue weighted by Gasteiger charge is 2.14. The Bertz CT molecular complexity index is 934. The first-order chi connectivity index (χ1) is 13.1. The summed E-state index contributed by atoms with van der Waals surface area (Å²) in [5.74, 6) is -0.584. The molecule has 6 nitrogen and oxygen atoms in total. The van der Waals surface area contributed by atoms with Crippen LogP contribution in [0.3, 0.4) is 0 Å². The highest BCUT2D eigenvalue weighted by molar-refractivity contribution is 5.95. The third kappa shape index (κ3) is 4.41. The number of hydrogen-bond donors (Lipinski definition) is 2. The summed E-state index contributed by atoms with van der Waals surface area (Å²) in [4.78, 5) is 24.1. The van der Waals surface area contributed by atoms with Crippen LogP contribution in [0.4, 0.5) is 0 Å². The molecule has 2 amide bonds. The Morgan fingerprint density at radius 3 is 2.22 bits per heavy atom. The predicted molar refractivity (Wildman–Crippen MR) is 103 cm³/mol. The topological polar surface area (TPSA) is 76.0 Å². The first-order valence-electron chi connectivity index (χ1n) is 8.81. The summed E-state index contributed by atoms with van der Waals surface area (Å²) in [6.45, 7) is 3.94. The third-order valence-corrected chi connectivity index (χ3v) is 4.40. The first-order valence-corrected chi connectivity index (χ1v) is 8.81. The van der Waals surface area contributed by atoms with Gasteiger partial charge in [0.05, 0.1) is 11.4 Å². The Labute approximate surface area is 158 Å². The van der Waals surface area contributed by atoms with E-state index in [2.05, 4.69) is 16.0 Å². The fourth-order valence-corrected chi connectivity index (χ4v) is 2.95. The second-order valence-electron chi connectivity index (χ2n) is 6.27. The molecule has 0 aliphatic heterocycles. The van der Waals surface area contributed by atoms with Crippen LogP contribution in [0.2, 0.25) is 0 Å². The van der Waals surface area contributed by atoms with Gasteiger partial charge in [-0.3, -0.25) is 20.4 Å². The monoisotopic (exact) mass is 362 g/mol. The zero-order valence-electron chi connectivity index (χ0n) is 15.4. The average Bonchev–Trinajstić information content (AvgIpc) is 2.99. The number of benzene rings is 2. The van der Waals surface area contributed by atoms with Crippen molar-refractivity contribution in [2.45, 2.75) is 26.7 Å². The van der Waals surface area contributed by atoms with Crippen molar-refractivity contribution in [3.8, 4) is 5.69 Å². The van der Waals surface area contributed by atoms with E-state index >= 15 is 0 Å². The SMILES string of the molecule is Cc1nn(-c2ccccc2)c(C)c1CCC(=O)NNC(=O)c1ccccc1. The van der Waals surface area contributed by atoms with E-state index in [-0.39, 0.29) is 18.2 Å². The summed E-state index contributed by atoms with van der Waals surface area (Å²) < 4.78 is 1.89. The number of amides is 2. The molecule has 0 unspecified atom stereocenters. The molecule has 0 atom stereocenters. The van der Waals surface area contributed by atoms with Gasteiger partial charge in [0.25, 0.3) is 5.91 Å². The fourth-order valence-electron chi connectivity index (χ4n) is 2.95. The van der Waals surface area contributed by atoms with Gasteiger partial charge < -0.3 is 0 Å². The molecule has 27 heavy (non-hydrogen) atoms. The van der Waals surface area contributed by atoms with Crippen molar-refractivity contribution in [1.82, 2.24) is 20.6 Å². The van der Waals surface area contributed by atoms with E-state index in [1.807, 2.05) is 54.9 Å². The minimum atomic E-state index is -0.340. The van der Waals surface area contributed by atoms with Crippen LogP contribution in [0.15, 0.2) is 60.7 Å². The Hall–Kier alpha value is -3.41. The largest absolute Gasteiger partial charge is 0.273 e. The van der Waals surface area contributed by atoms with E-state index in [0.717, 1.165) is 22.6 Å². The number of aromatic nitrogens is 2. The lowest BCUT2D eigenvalue weighted by Crippen LogP contribution is -2.41. The minimum Gasteiger partial charge on any atom is -0.273 e. The number of rotatable bonds is 5. The molecule has 2 aromatic carbocycles. The molecule has 2 N–H and O–H groups in total. The summed E-state index contributed by atoms with van der Waals surface area (Å²) in [7, 11) is 0. The van der Waals surface area contributed by atoms with Gasteiger partial charge in [-0.1, -0.05) is 36.4 Å². The maximum atomic E-state index is 12.1. The third-order valence-electron chi connectivity index (χ3n) is 4.40. The van der Waals surface area contributed by atoms with Gasteiger partial charge in [-0.15, -0.1) is 0 Å². The second kappa shape index (κ2) is 8.31. The molecule has 6 heteroatoms. The van der Waals surface area contributed by atoms with Crippen molar-refractivity contribution < 1.29 is 9.59 Å². The van der Waals surface area contributed by atoms with Crippen LogP contribution in [-0.4, -0.2) is 21.6 Å². The molecule has 0 aliphatic carbocycles. The maximum Gasteiger partial charge on any atom is 0.269 e. The zero-order chi connectivity index (χ0) is 19.2. The van der Waals surface area contributed by atoms with Gasteiger partial charge in [0.15, 0.2) is 0 Å². The molecule has 3 rings (SSSR count). The van der Waals surface area contributed by atoms with E-state index in [0.29, 0.717) is 12.0 Å². The van der Waals surface area contributed by atoms with Crippen molar-refractivity contribution in [2.75, 3.05) is 0 Å². The molecule has 3 aromatic rings. The molecule has 0 saturated heterocycles. The van der Waals surface area contributed by atoms with Gasteiger partial charge in [0.2, 0.25) is 5.91 Å². The minimum absolute atomic E-state index is 0.245. The molecule has 0 bridgehead atoms. The van der Waals surface area contributed by atoms with Gasteiger partial charge >= 0.3 is 0 Å². The van der Waals surface area contributed by atoms with Crippen LogP contribution in [-0.2, 0) is 11.2 Å². The number of carbonyl (C=O) groups is 2. The van der Waals surface area contributed by atoms with Gasteiger partial charge in [-0.05, 0) is 50.1 Å². The molecule has 0 saturated carbocycles. The van der Waals surface area contributed by atoms with Crippen LogP contribution in [0, 0.1) is 13.8 Å². The molecule has 1 aromatic heterocycles. The highest BCUT2D eigenvalue weighted by atomic mass is 16.2. The smallest absolute Gasteiger partial charge is 0.269 e. The zero-order valence-corrected chi connectivity index (χ0v) is 15.4. The van der Waals surface area contributed by atoms with Crippen molar-refractivity contribution >= 4 is 11.8 Å². The van der Waals surface area contributed by atoms with Gasteiger partial charge in [0, 0.05) is 17.7 Å². The van der Waals surface area contributed by atoms with Gasteiger partial charge in [-0.2, -0.15) is 5.10 Å². The molecule has 0 aliphatic rings. The van der Waals surface area contributed by atoms with Crippen LogP contribution >= 0.6 is 0 Å². The molecule has 138 valence electrons. The summed E-state index contributed by atoms with van der Waals surface area (Å²) in [6, 6.07) is 18.6. The Morgan fingerprint density at radius 2 is 1.56 bits per heavy atom. The van der Waals surface area contributed by atoms with E-state index in [1.54, 1.807) is 24.3 Å². The van der Waals surface area contributed by atoms with E-state index in [1.165, 1.54) is 0 Å². The predicted octanol–water partition coefficient (Wildman–Crippen LogP) is 2.88. The number of nitrogens with one attached hydrogen (secondary N) is 2. The fraction of sp³-hybridized carbons (Fsp3) is 0.190. The van der Waals surface area contributed by atoms with Crippen LogP contribution in [0.25, 0.3) is 5.69 Å². The molecule has 1 heterocycles. The Morgan fingerprint density at radius 1 is 0.926 bits per heavy atom. The molecular formula is C21H22N4O2. The summed E-state index contributed by atoms with van der Waals surface area (Å²) in [5, 5.41) is 4.59. The maximum absolute atomic E-state index is 12.1. The summed E-state index contributed by atoms with van der Waals surface area (Å²) >= 11 is 0. The lowest BCUT2D eigenvalue weighted by Gasteiger charge is -2.08. The normalized spacial score (nSPS) is 10.4. The lowest BCUT2D eigenvalue weighted by atomic mass is 10.1. The number of aryl methyl sites for hydroxylation is 1. The van der Waals surface area contributed by atoms with Crippen LogP contribution in [0.5, 0.6) is 0 Å². The number of carbonyl (C=O) groups excluding carboxylic acids is 2. The lowest BCUT2D eigenvalue weighted by molar-refractivity contribution is -0.121. The van der Waals surface area contributed by atoms with Crippen molar-refractivity contribution in [3.05, 3.63) is 83.2 Å². The quantitative estimate of drug-likeness (QED) is 0.685. The number of para-hydroxylation sites is 1. The molecule has 0 spiro atoms. The van der Waals surface area contributed by atoms with E-state index < -0.39 is 0 Å². The second-order valence-corrected chi connectivity index (χ2v) is 6.27. The molecular weight excluding hydrogens is 340 g/mol. The van der Waals surface area contributed by atoms with E-state index in [9.17, 15) is 9.59 Å². The number of hydrogen-bond acceptors (Lipinski definition) is 3. The van der Waals surface area contributed by atoms with Crippen molar-refractivity contribution in [2.24, 2.45) is 0 Å². The summed E-state index contributed by atoms with van der Waals surface area (Å²) in [6.07, 6.45) is 0.814. The van der Waals surface area contributed by atoms with Crippen LogP contribution in [0.1, 0.15) is 33.7 Å². The standard InChI is InChI=1S/C21H22N4O2/c1-15-19(16(2)25(24-15)18-11-7-4-8-12-18)13-14-20(26)22-23-21(27)17-9-5-3-6-10-17/h3-12H,13-14H2,1-2H3,(H,22,26)(H,23,27). The molecule has 0 radical (unpaired) electrons. The Kier molecular flexibility index (Phi) is 5.66. The number of nitrogens with zero attached hydrogens (tertiary/aromatic N) is 2. The van der Waals surface area contributed by atoms with Crippen molar-refractivity contribution in [1.29, 1.82) is 0 Å². The first kappa shape index (κ1) is 18.4. The van der Waals surface area contributed by atoms with Gasteiger partial charge in [-0.25, -0.2) is 4.68 Å². The number of hydrazine groups is 1. The average molecular weight is 362 g/mol. The van der Waals surface area contributed by atoms with Gasteiger partial charge in [0.1, 0.15) is 0 Å². The Balaban J connectivity index is 1.58. The van der Waals surface area contributed by atoms with E-state index in [4.69, 9.17) is 0 Å². The highest BCUT2D eigenvalue weighted by Crippen LogP contribution is 2.19. The van der Waals surface area contributed by atoms with Crippen LogP contribution < -0.4 is 10.9 Å². The van der Waals surface area contributed by atoms with Crippen molar-refractivity contribution in [3.63, 3.8) is 0 Å². The molecule has 0 fully saturated rings. The summed E-state index contributed by atoms with van der Waals surface area (Å²) in [5.41, 5.74) is 9.34.